The van der Waals surface area contributed by atoms with E-state index in [9.17, 15) is 30.6 Å². The molecule has 0 fully saturated rings. The van der Waals surface area contributed by atoms with Crippen LogP contribution >= 0.6 is 0 Å². The number of aromatic hydroxyl groups is 6. The van der Waals surface area contributed by atoms with Gasteiger partial charge in [-0.15, -0.1) is 0 Å². The fourth-order valence-electron chi connectivity index (χ4n) is 9.05. The maximum atomic E-state index is 10.6. The molecule has 0 heterocycles. The number of phenolic OH excluding ortho intramolecular Hbond substituents is 6. The molecule has 0 unspecified atom stereocenters. The standard InChI is InChI=1S/C26H38O2.C21H28O2.C15H16O2/c1-15(2)24(18-13-20(25(5,6)7)22(27)11-16(18)3)19-14-21(26(8,9)10)23(28)12-17(19)4;1-13(2)17-11-15(7-9-19(17)22)21(5,6)16-8-10-20(23)18(12-16)14(3)4;1-10-7-12(3-5-14(10)16)9-13-4-6-15(17)11(2)8-13/h11-15,24,27-28H,1-10H3;7-14,22-23H,1-6H3;3-8,16-17H,9H2,1-2H3. The van der Waals surface area contributed by atoms with Crippen LogP contribution in [-0.2, 0) is 22.7 Å². The molecule has 0 radical (unpaired) electrons. The van der Waals surface area contributed by atoms with E-state index in [1.54, 1.807) is 24.3 Å². The van der Waals surface area contributed by atoms with Gasteiger partial charge in [0.2, 0.25) is 0 Å². The Bertz CT molecular complexity index is 2510. The van der Waals surface area contributed by atoms with Crippen LogP contribution in [-0.4, -0.2) is 30.6 Å². The van der Waals surface area contributed by atoms with Crippen molar-refractivity contribution in [3.05, 3.63) is 175 Å². The second-order valence-corrected chi connectivity index (χ2v) is 22.6. The fourth-order valence-corrected chi connectivity index (χ4v) is 9.05. The van der Waals surface area contributed by atoms with E-state index in [0.717, 1.165) is 62.1 Å². The molecule has 0 aromatic heterocycles. The average Bonchev–Trinajstić information content (AvgIpc) is 3.21. The van der Waals surface area contributed by atoms with E-state index >= 15 is 0 Å². The highest BCUT2D eigenvalue weighted by molar-refractivity contribution is 5.53. The van der Waals surface area contributed by atoms with Gasteiger partial charge in [-0.3, -0.25) is 0 Å². The van der Waals surface area contributed by atoms with E-state index in [1.807, 2.05) is 62.4 Å². The molecule has 6 aromatic carbocycles. The highest BCUT2D eigenvalue weighted by Crippen LogP contribution is 2.44. The Morgan fingerprint density at radius 2 is 0.706 bits per heavy atom. The molecule has 6 nitrogen and oxygen atoms in total. The third kappa shape index (κ3) is 13.2. The minimum atomic E-state index is -0.200. The summed E-state index contributed by atoms with van der Waals surface area (Å²) in [4.78, 5) is 0. The van der Waals surface area contributed by atoms with Crippen molar-refractivity contribution in [2.45, 2.75) is 165 Å². The Balaban J connectivity index is 0.000000229. The van der Waals surface area contributed by atoms with Crippen molar-refractivity contribution in [1.29, 1.82) is 0 Å². The first kappa shape index (κ1) is 54.7. The van der Waals surface area contributed by atoms with Crippen molar-refractivity contribution in [1.82, 2.24) is 0 Å². The van der Waals surface area contributed by atoms with Crippen molar-refractivity contribution >= 4 is 0 Å². The highest BCUT2D eigenvalue weighted by atomic mass is 16.3. The number of hydrogen-bond donors (Lipinski definition) is 6. The lowest BCUT2D eigenvalue weighted by atomic mass is 9.74. The van der Waals surface area contributed by atoms with Crippen LogP contribution in [0.15, 0.2) is 97.1 Å². The second-order valence-electron chi connectivity index (χ2n) is 22.6. The van der Waals surface area contributed by atoms with Crippen LogP contribution in [0.2, 0.25) is 0 Å². The van der Waals surface area contributed by atoms with E-state index in [2.05, 4.69) is 135 Å². The summed E-state index contributed by atoms with van der Waals surface area (Å²) in [7, 11) is 0. The molecule has 6 aromatic rings. The van der Waals surface area contributed by atoms with Gasteiger partial charge in [-0.1, -0.05) is 158 Å². The Morgan fingerprint density at radius 3 is 1.00 bits per heavy atom. The molecule has 0 saturated heterocycles. The van der Waals surface area contributed by atoms with E-state index < -0.39 is 0 Å². The van der Waals surface area contributed by atoms with Gasteiger partial charge >= 0.3 is 0 Å². The topological polar surface area (TPSA) is 121 Å². The number of rotatable bonds is 9. The lowest BCUT2D eigenvalue weighted by molar-refractivity contribution is 0.443. The van der Waals surface area contributed by atoms with Gasteiger partial charge in [0.15, 0.2) is 0 Å². The van der Waals surface area contributed by atoms with Crippen molar-refractivity contribution in [2.75, 3.05) is 0 Å². The molecular weight excluding hydrogens is 841 g/mol. The Morgan fingerprint density at radius 1 is 0.368 bits per heavy atom. The molecule has 0 aliphatic heterocycles. The average molecular weight is 923 g/mol. The third-order valence-electron chi connectivity index (χ3n) is 13.4. The van der Waals surface area contributed by atoms with Crippen molar-refractivity contribution in [3.63, 3.8) is 0 Å². The molecule has 6 heteroatoms. The normalized spacial score (nSPS) is 12.0. The Hall–Kier alpha value is -5.88. The summed E-state index contributed by atoms with van der Waals surface area (Å²) in [6.07, 6.45) is 0.808. The van der Waals surface area contributed by atoms with Crippen LogP contribution < -0.4 is 0 Å². The third-order valence-corrected chi connectivity index (χ3v) is 13.4. The second kappa shape index (κ2) is 21.6. The number of hydrogen-bond acceptors (Lipinski definition) is 6. The van der Waals surface area contributed by atoms with Gasteiger partial charge in [-0.2, -0.15) is 0 Å². The van der Waals surface area contributed by atoms with Crippen LogP contribution in [0.1, 0.15) is 193 Å². The monoisotopic (exact) mass is 923 g/mol. The van der Waals surface area contributed by atoms with Crippen molar-refractivity contribution < 1.29 is 30.6 Å². The summed E-state index contributed by atoms with van der Waals surface area (Å²) in [6.45, 7) is 37.9. The lowest BCUT2D eigenvalue weighted by Crippen LogP contribution is -2.19. The first-order valence-electron chi connectivity index (χ1n) is 24.3. The molecule has 0 aliphatic carbocycles. The molecule has 0 amide bonds. The largest absolute Gasteiger partial charge is 0.508 e. The summed E-state index contributed by atoms with van der Waals surface area (Å²) in [5.41, 5.74) is 14.6. The van der Waals surface area contributed by atoms with E-state index in [4.69, 9.17) is 0 Å². The summed E-state index contributed by atoms with van der Waals surface area (Å²) in [6, 6.07) is 31.2. The van der Waals surface area contributed by atoms with Crippen LogP contribution in [0.3, 0.4) is 0 Å². The molecule has 6 rings (SSSR count). The summed E-state index contributed by atoms with van der Waals surface area (Å²) < 4.78 is 0. The smallest absolute Gasteiger partial charge is 0.119 e. The predicted molar refractivity (Wildman–Crippen MR) is 285 cm³/mol. The fraction of sp³-hybridized carbons (Fsp3) is 0.419. The summed E-state index contributed by atoms with van der Waals surface area (Å²) >= 11 is 0. The number of benzene rings is 6. The van der Waals surface area contributed by atoms with Crippen LogP contribution in [0.4, 0.5) is 0 Å². The molecule has 0 bridgehead atoms. The van der Waals surface area contributed by atoms with Gasteiger partial charge in [0.1, 0.15) is 34.5 Å². The quantitative estimate of drug-likeness (QED) is 0.0859. The van der Waals surface area contributed by atoms with Crippen LogP contribution in [0, 0.1) is 33.6 Å². The number of phenols is 6. The van der Waals surface area contributed by atoms with Crippen LogP contribution in [0.5, 0.6) is 34.5 Å². The number of aryl methyl sites for hydroxylation is 4. The summed E-state index contributed by atoms with van der Waals surface area (Å²) in [5.74, 6) is 3.24. The molecule has 0 spiro atoms. The van der Waals surface area contributed by atoms with Gasteiger partial charge in [0.25, 0.3) is 0 Å². The lowest BCUT2D eigenvalue weighted by Gasteiger charge is -2.30. The van der Waals surface area contributed by atoms with E-state index in [1.165, 1.54) is 22.3 Å². The first-order valence-corrected chi connectivity index (χ1v) is 24.3. The van der Waals surface area contributed by atoms with E-state index in [0.29, 0.717) is 40.4 Å². The zero-order valence-corrected chi connectivity index (χ0v) is 44.4. The first-order chi connectivity index (χ1) is 31.3. The molecule has 68 heavy (non-hydrogen) atoms. The van der Waals surface area contributed by atoms with E-state index in [-0.39, 0.29) is 34.0 Å². The molecule has 6 N–H and O–H groups in total. The highest BCUT2D eigenvalue weighted by Gasteiger charge is 2.29. The molecular formula is C62H82O6. The van der Waals surface area contributed by atoms with Gasteiger partial charge in [0, 0.05) is 11.3 Å². The van der Waals surface area contributed by atoms with Gasteiger partial charge in [-0.05, 0) is 177 Å². The zero-order chi connectivity index (χ0) is 51.4. The molecule has 366 valence electrons. The van der Waals surface area contributed by atoms with Gasteiger partial charge in [0.05, 0.1) is 0 Å². The summed E-state index contributed by atoms with van der Waals surface area (Å²) in [5, 5.41) is 60.1. The SMILES string of the molecule is CC(C)c1cc(C(C)(C)c2ccc(O)c(C(C)C)c2)ccc1O.Cc1cc(Cc2ccc(O)c(C)c2)ccc1O.Cc1cc(O)c(C(C)(C)C)cc1C(c1cc(C(C)(C)C)c(O)cc1C)C(C)C. The molecule has 0 atom stereocenters. The zero-order valence-electron chi connectivity index (χ0n) is 44.4. The Labute approximate surface area is 409 Å². The maximum Gasteiger partial charge on any atom is 0.119 e. The predicted octanol–water partition coefficient (Wildman–Crippen LogP) is 16.1. The van der Waals surface area contributed by atoms with Gasteiger partial charge < -0.3 is 30.6 Å². The minimum absolute atomic E-state index is 0.130. The minimum Gasteiger partial charge on any atom is -0.508 e. The Kier molecular flexibility index (Phi) is 17.4. The van der Waals surface area contributed by atoms with Crippen molar-refractivity contribution in [3.8, 4) is 34.5 Å². The maximum absolute atomic E-state index is 10.6. The van der Waals surface area contributed by atoms with Crippen LogP contribution in [0.25, 0.3) is 0 Å². The molecule has 0 aliphatic rings. The van der Waals surface area contributed by atoms with Gasteiger partial charge in [-0.25, -0.2) is 0 Å². The molecule has 0 saturated carbocycles. The van der Waals surface area contributed by atoms with Crippen molar-refractivity contribution in [2.24, 2.45) is 5.92 Å².